The molecular formula is C13H12BrN3O2. The molecule has 0 spiro atoms. The Bertz CT molecular complexity index is 587. The molecule has 0 radical (unpaired) electrons. The number of nitrogens with zero attached hydrogens (tertiary/aromatic N) is 3. The maximum atomic E-state index is 11.1. The summed E-state index contributed by atoms with van der Waals surface area (Å²) in [6, 6.07) is 7.82. The van der Waals surface area contributed by atoms with Gasteiger partial charge in [-0.1, -0.05) is 28.1 Å². The van der Waals surface area contributed by atoms with Crippen LogP contribution in [0.15, 0.2) is 41.1 Å². The van der Waals surface area contributed by atoms with Crippen LogP contribution in [-0.4, -0.2) is 28.1 Å². The number of hydrogen-bond donors (Lipinski definition) is 1. The van der Waals surface area contributed by atoms with Gasteiger partial charge in [-0.2, -0.15) is 0 Å². The van der Waals surface area contributed by atoms with Crippen LogP contribution < -0.4 is 4.90 Å². The smallest absolute Gasteiger partial charge is 0.358 e. The molecule has 1 N–H and O–H groups in total. The molecule has 0 saturated carbocycles. The molecule has 2 rings (SSSR count). The van der Waals surface area contributed by atoms with E-state index in [0.29, 0.717) is 12.4 Å². The van der Waals surface area contributed by atoms with Crippen molar-refractivity contribution in [1.29, 1.82) is 0 Å². The van der Waals surface area contributed by atoms with Crippen LogP contribution in [0.5, 0.6) is 0 Å². The predicted molar refractivity (Wildman–Crippen MR) is 75.2 cm³/mol. The van der Waals surface area contributed by atoms with Crippen molar-refractivity contribution in [3.05, 3.63) is 52.4 Å². The van der Waals surface area contributed by atoms with Crippen molar-refractivity contribution in [3.63, 3.8) is 0 Å². The zero-order valence-electron chi connectivity index (χ0n) is 10.2. The van der Waals surface area contributed by atoms with Crippen molar-refractivity contribution in [3.8, 4) is 0 Å². The summed E-state index contributed by atoms with van der Waals surface area (Å²) in [6.07, 6.45) is 2.86. The van der Waals surface area contributed by atoms with Gasteiger partial charge in [-0.15, -0.1) is 0 Å². The van der Waals surface area contributed by atoms with Crippen molar-refractivity contribution in [2.24, 2.45) is 0 Å². The molecule has 1 aromatic heterocycles. The molecular weight excluding hydrogens is 310 g/mol. The van der Waals surface area contributed by atoms with Gasteiger partial charge in [0, 0.05) is 30.5 Å². The van der Waals surface area contributed by atoms with E-state index in [1.54, 1.807) is 11.9 Å². The fourth-order valence-electron chi connectivity index (χ4n) is 1.70. The Kier molecular flexibility index (Phi) is 4.11. The summed E-state index contributed by atoms with van der Waals surface area (Å²) in [7, 11) is 1.79. The van der Waals surface area contributed by atoms with Gasteiger partial charge < -0.3 is 10.0 Å². The molecule has 0 aliphatic rings. The van der Waals surface area contributed by atoms with Gasteiger partial charge in [0.1, 0.15) is 0 Å². The van der Waals surface area contributed by atoms with Crippen LogP contribution in [0.2, 0.25) is 0 Å². The molecule has 1 aromatic carbocycles. The zero-order chi connectivity index (χ0) is 13.8. The standard InChI is InChI=1S/C13H12BrN3O2/c1-17(8-9-2-4-10(14)5-3-9)12-11(13(18)19)15-6-7-16-12/h2-7H,8H2,1H3,(H,18,19). The van der Waals surface area contributed by atoms with Gasteiger partial charge in [0.05, 0.1) is 0 Å². The average molecular weight is 322 g/mol. The number of benzene rings is 1. The molecule has 5 nitrogen and oxygen atoms in total. The molecule has 2 aromatic rings. The van der Waals surface area contributed by atoms with Crippen LogP contribution in [0.25, 0.3) is 0 Å². The highest BCUT2D eigenvalue weighted by molar-refractivity contribution is 9.10. The maximum Gasteiger partial charge on any atom is 0.358 e. The Morgan fingerprint density at radius 1 is 1.26 bits per heavy atom. The van der Waals surface area contributed by atoms with E-state index in [1.165, 1.54) is 12.4 Å². The van der Waals surface area contributed by atoms with Crippen LogP contribution in [0.1, 0.15) is 16.1 Å². The lowest BCUT2D eigenvalue weighted by Gasteiger charge is -2.19. The van der Waals surface area contributed by atoms with E-state index in [2.05, 4.69) is 25.9 Å². The molecule has 19 heavy (non-hydrogen) atoms. The largest absolute Gasteiger partial charge is 0.476 e. The second-order valence-corrected chi connectivity index (χ2v) is 4.93. The molecule has 0 bridgehead atoms. The fraction of sp³-hybridized carbons (Fsp3) is 0.154. The number of halogens is 1. The van der Waals surface area contributed by atoms with Gasteiger partial charge in [-0.25, -0.2) is 14.8 Å². The van der Waals surface area contributed by atoms with Crippen LogP contribution in [-0.2, 0) is 6.54 Å². The van der Waals surface area contributed by atoms with Gasteiger partial charge in [-0.05, 0) is 17.7 Å². The Morgan fingerprint density at radius 2 is 1.89 bits per heavy atom. The number of carboxylic acids is 1. The highest BCUT2D eigenvalue weighted by Crippen LogP contribution is 2.17. The normalized spacial score (nSPS) is 10.2. The van der Waals surface area contributed by atoms with E-state index in [9.17, 15) is 4.79 Å². The summed E-state index contributed by atoms with van der Waals surface area (Å²) in [5.74, 6) is -0.719. The van der Waals surface area contributed by atoms with Gasteiger partial charge in [0.15, 0.2) is 11.5 Å². The Morgan fingerprint density at radius 3 is 2.53 bits per heavy atom. The van der Waals surface area contributed by atoms with Gasteiger partial charge in [-0.3, -0.25) is 0 Å². The Hall–Kier alpha value is -1.95. The maximum absolute atomic E-state index is 11.1. The number of carboxylic acid groups (broad SMARTS) is 1. The average Bonchev–Trinajstić information content (AvgIpc) is 2.41. The SMILES string of the molecule is CN(Cc1ccc(Br)cc1)c1nccnc1C(=O)O. The predicted octanol–water partition coefficient (Wildman–Crippen LogP) is 2.57. The Balaban J connectivity index is 2.22. The van der Waals surface area contributed by atoms with Crippen molar-refractivity contribution in [1.82, 2.24) is 9.97 Å². The van der Waals surface area contributed by atoms with E-state index < -0.39 is 5.97 Å². The third-order valence-corrected chi connectivity index (χ3v) is 3.10. The first-order chi connectivity index (χ1) is 9.08. The van der Waals surface area contributed by atoms with Crippen molar-refractivity contribution < 1.29 is 9.90 Å². The summed E-state index contributed by atoms with van der Waals surface area (Å²) < 4.78 is 1.00. The van der Waals surface area contributed by atoms with Crippen LogP contribution in [0.3, 0.4) is 0 Å². The molecule has 98 valence electrons. The van der Waals surface area contributed by atoms with Crippen LogP contribution >= 0.6 is 15.9 Å². The number of anilines is 1. The van der Waals surface area contributed by atoms with E-state index in [4.69, 9.17) is 5.11 Å². The van der Waals surface area contributed by atoms with Gasteiger partial charge in [0.2, 0.25) is 0 Å². The third-order valence-electron chi connectivity index (χ3n) is 2.58. The van der Waals surface area contributed by atoms with E-state index in [0.717, 1.165) is 10.0 Å². The third kappa shape index (κ3) is 3.29. The first-order valence-electron chi connectivity index (χ1n) is 5.58. The molecule has 0 saturated heterocycles. The first-order valence-corrected chi connectivity index (χ1v) is 6.37. The van der Waals surface area contributed by atoms with Gasteiger partial charge >= 0.3 is 5.97 Å². The molecule has 0 fully saturated rings. The minimum absolute atomic E-state index is 0.0397. The highest BCUT2D eigenvalue weighted by Gasteiger charge is 2.16. The minimum Gasteiger partial charge on any atom is -0.476 e. The summed E-state index contributed by atoms with van der Waals surface area (Å²) in [6.45, 7) is 0.562. The van der Waals surface area contributed by atoms with E-state index >= 15 is 0 Å². The van der Waals surface area contributed by atoms with E-state index in [-0.39, 0.29) is 5.69 Å². The molecule has 6 heteroatoms. The van der Waals surface area contributed by atoms with Crippen LogP contribution in [0, 0.1) is 0 Å². The second kappa shape index (κ2) is 5.79. The number of aromatic nitrogens is 2. The van der Waals surface area contributed by atoms with Crippen molar-refractivity contribution >= 4 is 27.7 Å². The number of hydrogen-bond acceptors (Lipinski definition) is 4. The van der Waals surface area contributed by atoms with Crippen molar-refractivity contribution in [2.75, 3.05) is 11.9 Å². The lowest BCUT2D eigenvalue weighted by molar-refractivity contribution is 0.0690. The van der Waals surface area contributed by atoms with Crippen molar-refractivity contribution in [2.45, 2.75) is 6.54 Å². The number of aromatic carboxylic acids is 1. The van der Waals surface area contributed by atoms with Crippen LogP contribution in [0.4, 0.5) is 5.82 Å². The van der Waals surface area contributed by atoms with E-state index in [1.807, 2.05) is 24.3 Å². The fourth-order valence-corrected chi connectivity index (χ4v) is 1.96. The second-order valence-electron chi connectivity index (χ2n) is 4.02. The molecule has 0 amide bonds. The number of carbonyl (C=O) groups is 1. The molecule has 0 aliphatic carbocycles. The number of rotatable bonds is 4. The molecule has 0 atom stereocenters. The summed E-state index contributed by atoms with van der Waals surface area (Å²) >= 11 is 3.37. The zero-order valence-corrected chi connectivity index (χ0v) is 11.8. The summed E-state index contributed by atoms with van der Waals surface area (Å²) in [5.41, 5.74) is 1.02. The van der Waals surface area contributed by atoms with Gasteiger partial charge in [0.25, 0.3) is 0 Å². The molecule has 0 aliphatic heterocycles. The monoisotopic (exact) mass is 321 g/mol. The lowest BCUT2D eigenvalue weighted by Crippen LogP contribution is -2.21. The quantitative estimate of drug-likeness (QED) is 0.937. The molecule has 1 heterocycles. The highest BCUT2D eigenvalue weighted by atomic mass is 79.9. The Labute approximate surface area is 119 Å². The minimum atomic E-state index is -1.08. The first kappa shape index (κ1) is 13.5. The molecule has 0 unspecified atom stereocenters. The summed E-state index contributed by atoms with van der Waals surface area (Å²) in [5, 5.41) is 9.08. The lowest BCUT2D eigenvalue weighted by atomic mass is 10.2. The topological polar surface area (TPSA) is 66.3 Å². The summed E-state index contributed by atoms with van der Waals surface area (Å²) in [4.78, 5) is 20.8.